The van der Waals surface area contributed by atoms with Crippen LogP contribution in [0, 0.1) is 0 Å². The summed E-state index contributed by atoms with van der Waals surface area (Å²) in [4.78, 5) is 0. The van der Waals surface area contributed by atoms with Crippen LogP contribution >= 0.6 is 0 Å². The van der Waals surface area contributed by atoms with Gasteiger partial charge < -0.3 is 28.3 Å². The van der Waals surface area contributed by atoms with Crippen molar-refractivity contribution in [2.75, 3.05) is 33.0 Å². The second kappa shape index (κ2) is 23.3. The van der Waals surface area contributed by atoms with E-state index in [0.717, 1.165) is 163 Å². The third-order valence-electron chi connectivity index (χ3n) is 12.6. The van der Waals surface area contributed by atoms with Crippen LogP contribution in [0.1, 0.15) is 169 Å². The van der Waals surface area contributed by atoms with Crippen LogP contribution < -0.4 is 28.3 Å². The van der Waals surface area contributed by atoms with Gasteiger partial charge >= 0.3 is 6.92 Å². The molecule has 0 spiro atoms. The van der Waals surface area contributed by atoms with E-state index in [0.29, 0.717) is 44.7 Å². The molecule has 4 aromatic carbocycles. The quantitative estimate of drug-likeness (QED) is 0.0340. The van der Waals surface area contributed by atoms with Crippen molar-refractivity contribution in [3.8, 4) is 34.5 Å². The molecule has 0 saturated carbocycles. The maximum absolute atomic E-state index is 7.26. The van der Waals surface area contributed by atoms with E-state index in [1.54, 1.807) is 0 Å². The molecule has 2 bridgehead atoms. The van der Waals surface area contributed by atoms with Gasteiger partial charge in [0.05, 0.1) is 33.0 Å². The van der Waals surface area contributed by atoms with Gasteiger partial charge in [-0.3, -0.25) is 0 Å². The van der Waals surface area contributed by atoms with Crippen molar-refractivity contribution in [3.63, 3.8) is 0 Å². The third kappa shape index (κ3) is 11.4. The smallest absolute Gasteiger partial charge is 0.364 e. The van der Waals surface area contributed by atoms with Gasteiger partial charge in [-0.15, -0.1) is 0 Å². The molecule has 0 atom stereocenters. The highest BCUT2D eigenvalue weighted by atomic mass is 16.5. The van der Waals surface area contributed by atoms with Gasteiger partial charge in [0.1, 0.15) is 5.75 Å². The van der Waals surface area contributed by atoms with E-state index in [-0.39, 0.29) is 6.92 Å². The Bertz CT molecular complexity index is 1790. The molecule has 0 amide bonds. The maximum Gasteiger partial charge on any atom is 0.364 e. The molecule has 2 aliphatic rings. The first-order valence-corrected chi connectivity index (χ1v) is 24.0. The van der Waals surface area contributed by atoms with Gasteiger partial charge in [0.25, 0.3) is 0 Å². The van der Waals surface area contributed by atoms with Crippen molar-refractivity contribution < 1.29 is 28.3 Å². The maximum atomic E-state index is 7.26. The fourth-order valence-corrected chi connectivity index (χ4v) is 9.30. The second-order valence-corrected chi connectivity index (χ2v) is 17.3. The predicted octanol–water partition coefficient (Wildman–Crippen LogP) is 15.5. The summed E-state index contributed by atoms with van der Waals surface area (Å²) in [5.41, 5.74) is 0. The SMILES string of the molecule is CCCCCOc1cc2c3cc(OCCCCC)c(OCCCCC)cc3c3cc(OB4C5CCCC4CCC5)c(OCCCCC)cc3c2cc1OCCCCC. The Morgan fingerprint density at radius 1 is 0.362 bits per heavy atom. The summed E-state index contributed by atoms with van der Waals surface area (Å²) < 4.78 is 40.5. The van der Waals surface area contributed by atoms with Crippen LogP contribution in [-0.4, -0.2) is 39.9 Å². The molecule has 4 aromatic rings. The number of fused-ring (bicyclic) bond motifs is 8. The first-order valence-electron chi connectivity index (χ1n) is 24.0. The van der Waals surface area contributed by atoms with Gasteiger partial charge in [-0.05, 0) is 112 Å². The standard InChI is InChI=1S/C51H75BO6/c1-6-11-16-27-53-46-32-40-41-33-47(54-28-17-12-7-2)49(56-30-19-14-9-4)35-43(41)45-37-51(58-52-38-23-21-24-39(52)26-22-25-38)50(57-31-20-15-10-5)36-44(45)42(40)34-48(46)55-29-18-13-8-3/h32-39H,6-31H2,1-5H3. The lowest BCUT2D eigenvalue weighted by atomic mass is 9.38. The zero-order chi connectivity index (χ0) is 40.5. The highest BCUT2D eigenvalue weighted by Crippen LogP contribution is 2.50. The van der Waals surface area contributed by atoms with Gasteiger partial charge in [-0.2, -0.15) is 0 Å². The van der Waals surface area contributed by atoms with Crippen molar-refractivity contribution in [2.24, 2.45) is 0 Å². The Morgan fingerprint density at radius 3 is 0.862 bits per heavy atom. The number of benzene rings is 4. The molecule has 0 aliphatic carbocycles. The topological polar surface area (TPSA) is 55.4 Å². The Morgan fingerprint density at radius 2 is 0.603 bits per heavy atom. The minimum Gasteiger partial charge on any atom is -0.558 e. The molecule has 2 heterocycles. The molecule has 318 valence electrons. The summed E-state index contributed by atoms with van der Waals surface area (Å²) in [6.07, 6.45) is 24.2. The zero-order valence-electron chi connectivity index (χ0n) is 37.0. The van der Waals surface area contributed by atoms with E-state index >= 15 is 0 Å². The summed E-state index contributed by atoms with van der Waals surface area (Å²) in [7, 11) is 0. The van der Waals surface area contributed by atoms with Crippen molar-refractivity contribution in [1.82, 2.24) is 0 Å². The van der Waals surface area contributed by atoms with Crippen LogP contribution in [0.4, 0.5) is 0 Å². The average molecular weight is 795 g/mol. The third-order valence-corrected chi connectivity index (χ3v) is 12.6. The fraction of sp³-hybridized carbons (Fsp3) is 0.647. The molecule has 58 heavy (non-hydrogen) atoms. The van der Waals surface area contributed by atoms with Gasteiger partial charge in [0.2, 0.25) is 0 Å². The van der Waals surface area contributed by atoms with Crippen LogP contribution in [0.25, 0.3) is 32.3 Å². The lowest BCUT2D eigenvalue weighted by molar-refractivity contribution is 0.260. The van der Waals surface area contributed by atoms with Crippen LogP contribution in [-0.2, 0) is 0 Å². The largest absolute Gasteiger partial charge is 0.558 e. The highest BCUT2D eigenvalue weighted by molar-refractivity contribution is 6.56. The lowest BCUT2D eigenvalue weighted by Gasteiger charge is -2.39. The molecule has 2 aliphatic heterocycles. The van der Waals surface area contributed by atoms with Crippen LogP contribution in [0.5, 0.6) is 34.5 Å². The summed E-state index contributed by atoms with van der Waals surface area (Å²) in [5.74, 6) is 6.21. The van der Waals surface area contributed by atoms with E-state index in [2.05, 4.69) is 71.0 Å². The van der Waals surface area contributed by atoms with Crippen LogP contribution in [0.3, 0.4) is 0 Å². The molecule has 6 nitrogen and oxygen atoms in total. The molecule has 0 N–H and O–H groups in total. The summed E-state index contributed by atoms with van der Waals surface area (Å²) in [5, 5.41) is 6.78. The van der Waals surface area contributed by atoms with Crippen LogP contribution in [0.2, 0.25) is 11.6 Å². The summed E-state index contributed by atoms with van der Waals surface area (Å²) in [6.45, 7) is 14.8. The highest BCUT2D eigenvalue weighted by Gasteiger charge is 2.43. The Labute approximate surface area is 351 Å². The fourth-order valence-electron chi connectivity index (χ4n) is 9.30. The number of ether oxygens (including phenoxy) is 5. The number of hydrogen-bond donors (Lipinski definition) is 0. The minimum absolute atomic E-state index is 0.237. The molecule has 0 aromatic heterocycles. The van der Waals surface area contributed by atoms with E-state index in [1.165, 1.54) is 38.5 Å². The van der Waals surface area contributed by atoms with Crippen molar-refractivity contribution in [1.29, 1.82) is 0 Å². The van der Waals surface area contributed by atoms with Gasteiger partial charge in [0, 0.05) is 0 Å². The van der Waals surface area contributed by atoms with E-state index in [9.17, 15) is 0 Å². The Balaban J connectivity index is 1.57. The number of rotatable bonds is 27. The summed E-state index contributed by atoms with van der Waals surface area (Å²) >= 11 is 0. The number of unbranched alkanes of at least 4 members (excludes halogenated alkanes) is 10. The second-order valence-electron chi connectivity index (χ2n) is 17.3. The Hall–Kier alpha value is -3.48. The van der Waals surface area contributed by atoms with E-state index in [1.807, 2.05) is 0 Å². The predicted molar refractivity (Wildman–Crippen MR) is 246 cm³/mol. The van der Waals surface area contributed by atoms with Crippen molar-refractivity contribution in [3.05, 3.63) is 36.4 Å². The first kappa shape index (κ1) is 44.1. The minimum atomic E-state index is 0.237. The average Bonchev–Trinajstić information content (AvgIpc) is 3.23. The van der Waals surface area contributed by atoms with Gasteiger partial charge in [0.15, 0.2) is 28.7 Å². The molecule has 6 rings (SSSR count). The monoisotopic (exact) mass is 795 g/mol. The molecule has 7 heteroatoms. The Kier molecular flexibility index (Phi) is 17.7. The molecule has 2 saturated heterocycles. The molecule has 0 radical (unpaired) electrons. The zero-order valence-corrected chi connectivity index (χ0v) is 37.0. The molecular formula is C51H75BO6. The number of hydrogen-bond acceptors (Lipinski definition) is 6. The van der Waals surface area contributed by atoms with Gasteiger partial charge in [-0.1, -0.05) is 137 Å². The van der Waals surface area contributed by atoms with E-state index < -0.39 is 0 Å². The molecule has 0 unspecified atom stereocenters. The normalized spacial score (nSPS) is 16.6. The lowest BCUT2D eigenvalue weighted by Crippen LogP contribution is -2.39. The molecule has 2 fully saturated rings. The van der Waals surface area contributed by atoms with Crippen molar-refractivity contribution in [2.45, 2.75) is 181 Å². The molecular weight excluding hydrogens is 719 g/mol. The first-order chi connectivity index (χ1) is 28.6. The van der Waals surface area contributed by atoms with E-state index in [4.69, 9.17) is 28.3 Å². The van der Waals surface area contributed by atoms with Crippen LogP contribution in [0.15, 0.2) is 36.4 Å². The summed E-state index contributed by atoms with van der Waals surface area (Å²) in [6, 6.07) is 13.5. The van der Waals surface area contributed by atoms with Gasteiger partial charge in [-0.25, -0.2) is 0 Å². The van der Waals surface area contributed by atoms with Crippen molar-refractivity contribution >= 4 is 39.2 Å².